The van der Waals surface area contributed by atoms with E-state index in [-0.39, 0.29) is 5.91 Å². The first-order valence-corrected chi connectivity index (χ1v) is 2.87. The monoisotopic (exact) mass is 124 g/mol. The number of aromatic nitrogens is 2. The predicted octanol–water partition coefficient (Wildman–Crippen LogP) is 0.933. The van der Waals surface area contributed by atoms with Crippen molar-refractivity contribution >= 4 is 5.91 Å². The largest absolute Gasteiger partial charge is 0.273 e. The zero-order chi connectivity index (χ0) is 6.69. The molecule has 0 radical (unpaired) electrons. The summed E-state index contributed by atoms with van der Waals surface area (Å²) in [6, 6.07) is 1.73. The Bertz CT molecular complexity index is 191. The van der Waals surface area contributed by atoms with E-state index in [1.165, 1.54) is 4.68 Å². The van der Waals surface area contributed by atoms with Gasteiger partial charge < -0.3 is 0 Å². The number of hydrogen-bond acceptors (Lipinski definition) is 2. The van der Waals surface area contributed by atoms with E-state index >= 15 is 0 Å². The maximum Gasteiger partial charge on any atom is 0.246 e. The van der Waals surface area contributed by atoms with Crippen LogP contribution in [0.3, 0.4) is 0 Å². The maximum atomic E-state index is 10.8. The lowest BCUT2D eigenvalue weighted by Crippen LogP contribution is -2.08. The van der Waals surface area contributed by atoms with Crippen molar-refractivity contribution in [1.82, 2.24) is 9.78 Å². The Labute approximate surface area is 53.3 Å². The highest BCUT2D eigenvalue weighted by Gasteiger charge is 1.97. The van der Waals surface area contributed by atoms with Gasteiger partial charge in [-0.15, -0.1) is 0 Å². The molecular formula is C6H8N2O. The van der Waals surface area contributed by atoms with Gasteiger partial charge in [0.05, 0.1) is 0 Å². The molecule has 1 rings (SSSR count). The topological polar surface area (TPSA) is 34.9 Å². The van der Waals surface area contributed by atoms with E-state index in [0.717, 1.165) is 0 Å². The van der Waals surface area contributed by atoms with Crippen molar-refractivity contribution in [2.75, 3.05) is 0 Å². The zero-order valence-corrected chi connectivity index (χ0v) is 5.24. The smallest absolute Gasteiger partial charge is 0.246 e. The Morgan fingerprint density at radius 3 is 3.00 bits per heavy atom. The van der Waals surface area contributed by atoms with E-state index in [9.17, 15) is 4.79 Å². The Balaban J connectivity index is 2.77. The molecule has 0 fully saturated rings. The van der Waals surface area contributed by atoms with Crippen molar-refractivity contribution in [2.24, 2.45) is 0 Å². The Morgan fingerprint density at radius 2 is 2.56 bits per heavy atom. The lowest BCUT2D eigenvalue weighted by atomic mass is 10.5. The minimum absolute atomic E-state index is 0.0278. The number of carbonyl (C=O) groups is 1. The van der Waals surface area contributed by atoms with E-state index in [4.69, 9.17) is 0 Å². The molecule has 0 spiro atoms. The number of nitrogens with zero attached hydrogens (tertiary/aromatic N) is 2. The molecule has 3 nitrogen and oxygen atoms in total. The quantitative estimate of drug-likeness (QED) is 0.558. The molecule has 0 saturated carbocycles. The van der Waals surface area contributed by atoms with Gasteiger partial charge in [-0.05, 0) is 6.07 Å². The Morgan fingerprint density at radius 1 is 1.78 bits per heavy atom. The van der Waals surface area contributed by atoms with Crippen LogP contribution in [-0.2, 0) is 0 Å². The van der Waals surface area contributed by atoms with Crippen LogP contribution in [0.4, 0.5) is 0 Å². The number of rotatable bonds is 1. The van der Waals surface area contributed by atoms with Crippen molar-refractivity contribution < 1.29 is 4.79 Å². The fourth-order valence-corrected chi connectivity index (χ4v) is 0.578. The van der Waals surface area contributed by atoms with Crippen molar-refractivity contribution in [1.29, 1.82) is 0 Å². The first-order chi connectivity index (χ1) is 4.34. The molecule has 0 aromatic carbocycles. The molecule has 9 heavy (non-hydrogen) atoms. The summed E-state index contributed by atoms with van der Waals surface area (Å²) >= 11 is 0. The van der Waals surface area contributed by atoms with Gasteiger partial charge in [0.25, 0.3) is 0 Å². The van der Waals surface area contributed by atoms with Crippen LogP contribution in [0.5, 0.6) is 0 Å². The molecule has 0 aliphatic carbocycles. The first-order valence-electron chi connectivity index (χ1n) is 2.87. The Hall–Kier alpha value is -1.12. The highest BCUT2D eigenvalue weighted by molar-refractivity contribution is 5.77. The summed E-state index contributed by atoms with van der Waals surface area (Å²) in [5.74, 6) is 0.0278. The predicted molar refractivity (Wildman–Crippen MR) is 33.1 cm³/mol. The molecule has 0 aliphatic heterocycles. The van der Waals surface area contributed by atoms with Crippen LogP contribution in [0.25, 0.3) is 0 Å². The molecule has 0 atom stereocenters. The van der Waals surface area contributed by atoms with E-state index in [1.807, 2.05) is 6.92 Å². The summed E-state index contributed by atoms with van der Waals surface area (Å²) in [5, 5.41) is 3.75. The van der Waals surface area contributed by atoms with Gasteiger partial charge in [0.15, 0.2) is 0 Å². The lowest BCUT2D eigenvalue weighted by Gasteiger charge is -1.92. The third kappa shape index (κ3) is 1.16. The van der Waals surface area contributed by atoms with Gasteiger partial charge in [0.2, 0.25) is 5.91 Å². The van der Waals surface area contributed by atoms with Gasteiger partial charge >= 0.3 is 0 Å². The minimum atomic E-state index is 0.0278. The van der Waals surface area contributed by atoms with Crippen LogP contribution >= 0.6 is 0 Å². The first kappa shape index (κ1) is 6.01. The number of carbonyl (C=O) groups excluding carboxylic acids is 1. The molecule has 0 amide bonds. The average molecular weight is 124 g/mol. The molecule has 0 aliphatic rings. The highest BCUT2D eigenvalue weighted by atomic mass is 16.2. The van der Waals surface area contributed by atoms with Crippen molar-refractivity contribution in [3.8, 4) is 0 Å². The zero-order valence-electron chi connectivity index (χ0n) is 5.24. The summed E-state index contributed by atoms with van der Waals surface area (Å²) in [4.78, 5) is 10.8. The minimum Gasteiger partial charge on any atom is -0.273 e. The second-order valence-electron chi connectivity index (χ2n) is 1.70. The molecule has 1 aromatic heterocycles. The molecule has 0 unspecified atom stereocenters. The maximum absolute atomic E-state index is 10.8. The molecule has 1 aromatic rings. The normalized spacial score (nSPS) is 9.44. The molecule has 0 bridgehead atoms. The second-order valence-corrected chi connectivity index (χ2v) is 1.70. The SMILES string of the molecule is CCC(=O)n1cccn1. The fourth-order valence-electron chi connectivity index (χ4n) is 0.578. The third-order valence-electron chi connectivity index (χ3n) is 1.06. The van der Waals surface area contributed by atoms with Crippen LogP contribution in [-0.4, -0.2) is 15.7 Å². The third-order valence-corrected chi connectivity index (χ3v) is 1.06. The summed E-state index contributed by atoms with van der Waals surface area (Å²) < 4.78 is 1.33. The van der Waals surface area contributed by atoms with Gasteiger partial charge in [-0.3, -0.25) is 4.79 Å². The van der Waals surface area contributed by atoms with Gasteiger partial charge in [-0.1, -0.05) is 6.92 Å². The van der Waals surface area contributed by atoms with Crippen molar-refractivity contribution in [3.63, 3.8) is 0 Å². The van der Waals surface area contributed by atoms with Crippen LogP contribution in [0.15, 0.2) is 18.5 Å². The molecular weight excluding hydrogens is 116 g/mol. The Kier molecular flexibility index (Phi) is 1.63. The van der Waals surface area contributed by atoms with Gasteiger partial charge in [-0.2, -0.15) is 5.10 Å². The van der Waals surface area contributed by atoms with Gasteiger partial charge in [0, 0.05) is 18.8 Å². The van der Waals surface area contributed by atoms with E-state index < -0.39 is 0 Å². The van der Waals surface area contributed by atoms with E-state index in [0.29, 0.717) is 6.42 Å². The van der Waals surface area contributed by atoms with Crippen molar-refractivity contribution in [2.45, 2.75) is 13.3 Å². The molecule has 1 heterocycles. The molecule has 0 saturated heterocycles. The molecule has 48 valence electrons. The van der Waals surface area contributed by atoms with Crippen LogP contribution < -0.4 is 0 Å². The standard InChI is InChI=1S/C6H8N2O/c1-2-6(9)8-5-3-4-7-8/h3-5H,2H2,1H3. The van der Waals surface area contributed by atoms with Crippen molar-refractivity contribution in [3.05, 3.63) is 18.5 Å². The van der Waals surface area contributed by atoms with E-state index in [1.54, 1.807) is 18.5 Å². The second kappa shape index (κ2) is 2.44. The van der Waals surface area contributed by atoms with Crippen LogP contribution in [0.1, 0.15) is 18.1 Å². The fraction of sp³-hybridized carbons (Fsp3) is 0.333. The average Bonchev–Trinajstić information content (AvgIpc) is 2.37. The molecule has 3 heteroatoms. The van der Waals surface area contributed by atoms with Gasteiger partial charge in [-0.25, -0.2) is 4.68 Å². The lowest BCUT2D eigenvalue weighted by molar-refractivity contribution is 0.0893. The molecule has 0 N–H and O–H groups in total. The summed E-state index contributed by atoms with van der Waals surface area (Å²) in [6.07, 6.45) is 3.74. The highest BCUT2D eigenvalue weighted by Crippen LogP contribution is 1.87. The van der Waals surface area contributed by atoms with Gasteiger partial charge in [0.1, 0.15) is 0 Å². The van der Waals surface area contributed by atoms with Crippen LogP contribution in [0.2, 0.25) is 0 Å². The number of hydrogen-bond donors (Lipinski definition) is 0. The van der Waals surface area contributed by atoms with Crippen LogP contribution in [0, 0.1) is 0 Å². The summed E-state index contributed by atoms with van der Waals surface area (Å²) in [7, 11) is 0. The summed E-state index contributed by atoms with van der Waals surface area (Å²) in [5.41, 5.74) is 0. The summed E-state index contributed by atoms with van der Waals surface area (Å²) in [6.45, 7) is 1.81. The van der Waals surface area contributed by atoms with E-state index in [2.05, 4.69) is 5.10 Å².